The van der Waals surface area contributed by atoms with Crippen LogP contribution in [0.25, 0.3) is 0 Å². The van der Waals surface area contributed by atoms with Crippen LogP contribution in [-0.4, -0.2) is 17.9 Å². The van der Waals surface area contributed by atoms with E-state index >= 15 is 0 Å². The Hall–Kier alpha value is -0.310. The average molecular weight is 207 g/mol. The van der Waals surface area contributed by atoms with Gasteiger partial charge in [-0.1, -0.05) is 22.5 Å². The van der Waals surface area contributed by atoms with Crippen molar-refractivity contribution < 1.29 is 9.53 Å². The molecule has 0 aliphatic rings. The molecule has 0 aromatic carbocycles. The van der Waals surface area contributed by atoms with Crippen molar-refractivity contribution in [3.8, 4) is 0 Å². The molecule has 0 fully saturated rings. The number of carbonyl (C=O) groups excluding carboxylic acids is 1. The van der Waals surface area contributed by atoms with Crippen molar-refractivity contribution in [3.05, 3.63) is 12.7 Å². The molecule has 0 aromatic heterocycles. The first-order valence-corrected chi connectivity index (χ1v) is 4.28. The zero-order valence-electron chi connectivity index (χ0n) is 5.81. The van der Waals surface area contributed by atoms with E-state index in [0.717, 1.165) is 18.2 Å². The van der Waals surface area contributed by atoms with Gasteiger partial charge in [-0.25, -0.2) is 4.79 Å². The van der Waals surface area contributed by atoms with Crippen molar-refractivity contribution in [2.45, 2.75) is 12.8 Å². The first-order chi connectivity index (χ1) is 4.81. The summed E-state index contributed by atoms with van der Waals surface area (Å²) in [7, 11) is 0. The molecule has 0 atom stereocenters. The first-order valence-electron chi connectivity index (χ1n) is 3.16. The van der Waals surface area contributed by atoms with Crippen LogP contribution in [-0.2, 0) is 9.53 Å². The van der Waals surface area contributed by atoms with Gasteiger partial charge in [0.1, 0.15) is 0 Å². The Labute approximate surface area is 69.4 Å². The van der Waals surface area contributed by atoms with E-state index in [1.807, 2.05) is 0 Å². The third-order valence-electron chi connectivity index (χ3n) is 0.939. The van der Waals surface area contributed by atoms with E-state index in [4.69, 9.17) is 4.74 Å². The molecule has 3 heteroatoms. The van der Waals surface area contributed by atoms with Crippen LogP contribution in [0, 0.1) is 0 Å². The number of alkyl halides is 1. The summed E-state index contributed by atoms with van der Waals surface area (Å²) in [5.74, 6) is -0.338. The molecule has 10 heavy (non-hydrogen) atoms. The number of esters is 1. The lowest BCUT2D eigenvalue weighted by Gasteiger charge is -1.98. The highest BCUT2D eigenvalue weighted by Crippen LogP contribution is 1.94. The molecule has 0 radical (unpaired) electrons. The van der Waals surface area contributed by atoms with Gasteiger partial charge in [0.05, 0.1) is 6.61 Å². The predicted molar refractivity (Wildman–Crippen MR) is 44.2 cm³/mol. The molecule has 2 nitrogen and oxygen atoms in total. The second-order valence-corrected chi connectivity index (χ2v) is 2.56. The van der Waals surface area contributed by atoms with Crippen LogP contribution in [0.15, 0.2) is 12.7 Å². The second-order valence-electron chi connectivity index (χ2n) is 1.77. The Balaban J connectivity index is 3.03. The van der Waals surface area contributed by atoms with Gasteiger partial charge in [0.25, 0.3) is 0 Å². The normalized spacial score (nSPS) is 8.90. The molecular weight excluding hydrogens is 196 g/mol. The number of halogens is 1. The summed E-state index contributed by atoms with van der Waals surface area (Å²) >= 11 is 3.27. The molecule has 0 aliphatic heterocycles. The second kappa shape index (κ2) is 6.81. The summed E-state index contributed by atoms with van der Waals surface area (Å²) in [6.07, 6.45) is 3.11. The fourth-order valence-electron chi connectivity index (χ4n) is 0.428. The monoisotopic (exact) mass is 206 g/mol. The van der Waals surface area contributed by atoms with Gasteiger partial charge < -0.3 is 4.74 Å². The maximum atomic E-state index is 10.4. The lowest BCUT2D eigenvalue weighted by atomic mass is 10.4. The predicted octanol–water partition coefficient (Wildman–Crippen LogP) is 1.89. The third-order valence-corrected chi connectivity index (χ3v) is 1.50. The van der Waals surface area contributed by atoms with Gasteiger partial charge >= 0.3 is 5.97 Å². The number of unbranched alkanes of at least 4 members (excludes halogenated alkanes) is 1. The van der Waals surface area contributed by atoms with Gasteiger partial charge in [0.15, 0.2) is 0 Å². The topological polar surface area (TPSA) is 26.3 Å². The molecule has 0 unspecified atom stereocenters. The number of carbonyl (C=O) groups is 1. The largest absolute Gasteiger partial charge is 0.463 e. The molecule has 0 saturated carbocycles. The fraction of sp³-hybridized carbons (Fsp3) is 0.571. The number of hydrogen-bond donors (Lipinski definition) is 0. The van der Waals surface area contributed by atoms with Crippen molar-refractivity contribution in [2.75, 3.05) is 11.9 Å². The highest BCUT2D eigenvalue weighted by atomic mass is 79.9. The molecule has 0 spiro atoms. The van der Waals surface area contributed by atoms with Gasteiger partial charge in [0.2, 0.25) is 0 Å². The van der Waals surface area contributed by atoms with Crippen LogP contribution < -0.4 is 0 Å². The van der Waals surface area contributed by atoms with Crippen LogP contribution >= 0.6 is 15.9 Å². The van der Waals surface area contributed by atoms with Gasteiger partial charge in [0, 0.05) is 11.4 Å². The average Bonchev–Trinajstić information content (AvgIpc) is 1.98. The van der Waals surface area contributed by atoms with E-state index in [9.17, 15) is 4.79 Å². The first kappa shape index (κ1) is 9.69. The molecule has 0 N–H and O–H groups in total. The lowest BCUT2D eigenvalue weighted by molar-refractivity contribution is -0.137. The van der Waals surface area contributed by atoms with Crippen molar-refractivity contribution in [1.82, 2.24) is 0 Å². The van der Waals surface area contributed by atoms with Gasteiger partial charge in [-0.05, 0) is 12.8 Å². The molecule has 0 saturated heterocycles. The van der Waals surface area contributed by atoms with Crippen molar-refractivity contribution in [2.24, 2.45) is 0 Å². The van der Waals surface area contributed by atoms with E-state index in [1.165, 1.54) is 6.08 Å². The molecule has 0 amide bonds. The van der Waals surface area contributed by atoms with Crippen LogP contribution in [0.5, 0.6) is 0 Å². The van der Waals surface area contributed by atoms with E-state index < -0.39 is 0 Å². The van der Waals surface area contributed by atoms with Crippen molar-refractivity contribution >= 4 is 21.9 Å². The summed E-state index contributed by atoms with van der Waals surface area (Å²) in [4.78, 5) is 10.4. The minimum Gasteiger partial charge on any atom is -0.463 e. The van der Waals surface area contributed by atoms with Gasteiger partial charge in [-0.2, -0.15) is 0 Å². The zero-order chi connectivity index (χ0) is 7.82. The van der Waals surface area contributed by atoms with E-state index in [1.54, 1.807) is 0 Å². The number of hydrogen-bond acceptors (Lipinski definition) is 2. The minimum absolute atomic E-state index is 0.338. The number of rotatable bonds is 5. The zero-order valence-corrected chi connectivity index (χ0v) is 7.39. The standard InChI is InChI=1S/C7H11BrO2/c1-2-7(9)10-6-4-3-5-8/h2H,1,3-6H2. The summed E-state index contributed by atoms with van der Waals surface area (Å²) in [5, 5.41) is 0.957. The Morgan fingerprint density at radius 3 is 2.80 bits per heavy atom. The summed E-state index contributed by atoms with van der Waals surface area (Å²) in [5.41, 5.74) is 0. The molecule has 0 heterocycles. The lowest BCUT2D eigenvalue weighted by Crippen LogP contribution is -2.01. The van der Waals surface area contributed by atoms with Crippen molar-refractivity contribution in [1.29, 1.82) is 0 Å². The highest BCUT2D eigenvalue weighted by molar-refractivity contribution is 9.09. The molecule has 0 aliphatic carbocycles. The molecule has 0 aromatic rings. The third kappa shape index (κ3) is 5.82. The highest BCUT2D eigenvalue weighted by Gasteiger charge is 1.92. The Bertz CT molecular complexity index is 112. The summed E-state index contributed by atoms with van der Waals surface area (Å²) in [6.45, 7) is 3.77. The van der Waals surface area contributed by atoms with Crippen LogP contribution in [0.4, 0.5) is 0 Å². The van der Waals surface area contributed by atoms with E-state index in [-0.39, 0.29) is 5.97 Å². The smallest absolute Gasteiger partial charge is 0.330 e. The van der Waals surface area contributed by atoms with Gasteiger partial charge in [-0.3, -0.25) is 0 Å². The summed E-state index contributed by atoms with van der Waals surface area (Å²) in [6, 6.07) is 0. The molecule has 58 valence electrons. The van der Waals surface area contributed by atoms with Crippen LogP contribution in [0.1, 0.15) is 12.8 Å². The van der Waals surface area contributed by atoms with E-state index in [0.29, 0.717) is 6.61 Å². The molecule has 0 rings (SSSR count). The minimum atomic E-state index is -0.338. The SMILES string of the molecule is C=CC(=O)OCCCCBr. The Morgan fingerprint density at radius 2 is 2.30 bits per heavy atom. The summed E-state index contributed by atoms with van der Waals surface area (Å²) < 4.78 is 4.72. The Kier molecular flexibility index (Phi) is 6.59. The molecule has 0 bridgehead atoms. The van der Waals surface area contributed by atoms with Crippen LogP contribution in [0.2, 0.25) is 0 Å². The maximum absolute atomic E-state index is 10.4. The van der Waals surface area contributed by atoms with Crippen molar-refractivity contribution in [3.63, 3.8) is 0 Å². The van der Waals surface area contributed by atoms with Crippen LogP contribution in [0.3, 0.4) is 0 Å². The molecular formula is C7H11BrO2. The number of ether oxygens (including phenoxy) is 1. The fourth-order valence-corrected chi connectivity index (χ4v) is 0.825. The van der Waals surface area contributed by atoms with Gasteiger partial charge in [-0.15, -0.1) is 0 Å². The maximum Gasteiger partial charge on any atom is 0.330 e. The Morgan fingerprint density at radius 1 is 1.60 bits per heavy atom. The quantitative estimate of drug-likeness (QED) is 0.298. The van der Waals surface area contributed by atoms with E-state index in [2.05, 4.69) is 22.5 Å².